The molecule has 5 nitrogen and oxygen atoms in total. The number of aryl methyl sites for hydroxylation is 1. The van der Waals surface area contributed by atoms with Crippen LogP contribution in [-0.4, -0.2) is 23.1 Å². The summed E-state index contributed by atoms with van der Waals surface area (Å²) >= 11 is 0. The van der Waals surface area contributed by atoms with Crippen LogP contribution in [0.25, 0.3) is 0 Å². The summed E-state index contributed by atoms with van der Waals surface area (Å²) in [6, 6.07) is 6.55. The first kappa shape index (κ1) is 13.9. The van der Waals surface area contributed by atoms with Crippen LogP contribution in [0.1, 0.15) is 37.8 Å². The number of anilines is 2. The standard InChI is InChI=1S/C16H22N4O/c1-3-5-14-18-15(17-2)10-16(19-14)20(12-7-8-12)11-13-6-4-9-21-13/h4,6,9-10,12H,3,5,7-8,11H2,1-2H3,(H,17,18,19). The van der Waals surface area contributed by atoms with Gasteiger partial charge in [0, 0.05) is 25.6 Å². The smallest absolute Gasteiger partial charge is 0.135 e. The summed E-state index contributed by atoms with van der Waals surface area (Å²) in [7, 11) is 1.90. The number of nitrogens with zero attached hydrogens (tertiary/aromatic N) is 3. The number of furan rings is 1. The Labute approximate surface area is 125 Å². The molecule has 5 heteroatoms. The Balaban J connectivity index is 1.88. The fraction of sp³-hybridized carbons (Fsp3) is 0.500. The molecule has 0 amide bonds. The summed E-state index contributed by atoms with van der Waals surface area (Å²) in [5, 5.41) is 3.14. The van der Waals surface area contributed by atoms with E-state index in [9.17, 15) is 0 Å². The van der Waals surface area contributed by atoms with Gasteiger partial charge in [-0.3, -0.25) is 0 Å². The molecule has 0 radical (unpaired) electrons. The molecular formula is C16H22N4O. The third-order valence-electron chi connectivity index (χ3n) is 3.68. The van der Waals surface area contributed by atoms with Gasteiger partial charge in [-0.15, -0.1) is 0 Å². The molecule has 0 spiro atoms. The van der Waals surface area contributed by atoms with E-state index in [1.54, 1.807) is 6.26 Å². The monoisotopic (exact) mass is 286 g/mol. The summed E-state index contributed by atoms with van der Waals surface area (Å²) in [5.74, 6) is 3.76. The van der Waals surface area contributed by atoms with Crippen molar-refractivity contribution in [3.63, 3.8) is 0 Å². The van der Waals surface area contributed by atoms with Gasteiger partial charge < -0.3 is 14.6 Å². The van der Waals surface area contributed by atoms with Gasteiger partial charge in [-0.05, 0) is 31.4 Å². The Hall–Kier alpha value is -2.04. The molecule has 1 aliphatic carbocycles. The van der Waals surface area contributed by atoms with E-state index in [4.69, 9.17) is 9.40 Å². The zero-order valence-electron chi connectivity index (χ0n) is 12.7. The average molecular weight is 286 g/mol. The zero-order valence-corrected chi connectivity index (χ0v) is 12.7. The highest BCUT2D eigenvalue weighted by Crippen LogP contribution is 2.33. The average Bonchev–Trinajstić information content (AvgIpc) is 3.21. The van der Waals surface area contributed by atoms with Gasteiger partial charge in [0.15, 0.2) is 0 Å². The van der Waals surface area contributed by atoms with E-state index in [1.807, 2.05) is 25.2 Å². The Bertz CT molecular complexity index is 578. The lowest BCUT2D eigenvalue weighted by Gasteiger charge is -2.23. The predicted octanol–water partition coefficient (Wildman–Crippen LogP) is 3.23. The fourth-order valence-electron chi connectivity index (χ4n) is 2.45. The van der Waals surface area contributed by atoms with E-state index >= 15 is 0 Å². The van der Waals surface area contributed by atoms with E-state index in [0.29, 0.717) is 6.04 Å². The van der Waals surface area contributed by atoms with Crippen LogP contribution >= 0.6 is 0 Å². The maximum Gasteiger partial charge on any atom is 0.135 e. The minimum atomic E-state index is 0.573. The Morgan fingerprint density at radius 1 is 1.38 bits per heavy atom. The van der Waals surface area contributed by atoms with Crippen molar-refractivity contribution in [2.45, 2.75) is 45.2 Å². The van der Waals surface area contributed by atoms with E-state index in [0.717, 1.165) is 42.6 Å². The van der Waals surface area contributed by atoms with Crippen LogP contribution in [0.5, 0.6) is 0 Å². The second-order valence-electron chi connectivity index (χ2n) is 5.47. The highest BCUT2D eigenvalue weighted by Gasteiger charge is 2.31. The van der Waals surface area contributed by atoms with Gasteiger partial charge in [-0.1, -0.05) is 6.92 Å². The van der Waals surface area contributed by atoms with E-state index in [2.05, 4.69) is 22.1 Å². The quantitative estimate of drug-likeness (QED) is 0.847. The minimum absolute atomic E-state index is 0.573. The third kappa shape index (κ3) is 3.35. The SMILES string of the molecule is CCCc1nc(NC)cc(N(Cc2ccco2)C2CC2)n1. The van der Waals surface area contributed by atoms with Gasteiger partial charge in [0.2, 0.25) is 0 Å². The first-order chi connectivity index (χ1) is 10.3. The Morgan fingerprint density at radius 2 is 2.24 bits per heavy atom. The second kappa shape index (κ2) is 6.16. The lowest BCUT2D eigenvalue weighted by molar-refractivity contribution is 0.500. The highest BCUT2D eigenvalue weighted by atomic mass is 16.3. The molecule has 2 heterocycles. The molecule has 1 N–H and O–H groups in total. The largest absolute Gasteiger partial charge is 0.467 e. The summed E-state index contributed by atoms with van der Waals surface area (Å²) in [4.78, 5) is 11.6. The van der Waals surface area contributed by atoms with Crippen LogP contribution in [0.2, 0.25) is 0 Å². The summed E-state index contributed by atoms with van der Waals surface area (Å²) in [6.45, 7) is 2.92. The number of nitrogens with one attached hydrogen (secondary N) is 1. The van der Waals surface area contributed by atoms with Gasteiger partial charge in [0.25, 0.3) is 0 Å². The van der Waals surface area contributed by atoms with E-state index < -0.39 is 0 Å². The fourth-order valence-corrected chi connectivity index (χ4v) is 2.45. The minimum Gasteiger partial charge on any atom is -0.467 e. The summed E-state index contributed by atoms with van der Waals surface area (Å²) in [5.41, 5.74) is 0. The van der Waals surface area contributed by atoms with Gasteiger partial charge in [0.05, 0.1) is 12.8 Å². The number of rotatable bonds is 7. The van der Waals surface area contributed by atoms with Crippen LogP contribution < -0.4 is 10.2 Å². The van der Waals surface area contributed by atoms with Gasteiger partial charge in [-0.25, -0.2) is 9.97 Å². The van der Waals surface area contributed by atoms with Crippen molar-refractivity contribution >= 4 is 11.6 Å². The summed E-state index contributed by atoms with van der Waals surface area (Å²) < 4.78 is 5.50. The van der Waals surface area contributed by atoms with Crippen molar-refractivity contribution in [3.05, 3.63) is 36.0 Å². The zero-order chi connectivity index (χ0) is 14.7. The molecule has 0 bridgehead atoms. The van der Waals surface area contributed by atoms with Crippen molar-refractivity contribution in [1.82, 2.24) is 9.97 Å². The molecule has 0 saturated heterocycles. The molecule has 1 fully saturated rings. The maximum atomic E-state index is 5.50. The van der Waals surface area contributed by atoms with Crippen molar-refractivity contribution in [2.24, 2.45) is 0 Å². The number of hydrogen-bond donors (Lipinski definition) is 1. The van der Waals surface area contributed by atoms with Crippen LogP contribution in [-0.2, 0) is 13.0 Å². The van der Waals surface area contributed by atoms with E-state index in [1.165, 1.54) is 12.8 Å². The normalized spacial score (nSPS) is 14.2. The van der Waals surface area contributed by atoms with Crippen LogP contribution in [0.4, 0.5) is 11.6 Å². The molecule has 21 heavy (non-hydrogen) atoms. The summed E-state index contributed by atoms with van der Waals surface area (Å²) in [6.07, 6.45) is 6.13. The van der Waals surface area contributed by atoms with Gasteiger partial charge in [0.1, 0.15) is 23.2 Å². The first-order valence-electron chi connectivity index (χ1n) is 7.65. The van der Waals surface area contributed by atoms with Gasteiger partial charge >= 0.3 is 0 Å². The van der Waals surface area contributed by atoms with E-state index in [-0.39, 0.29) is 0 Å². The maximum absolute atomic E-state index is 5.50. The lowest BCUT2D eigenvalue weighted by atomic mass is 10.3. The number of aromatic nitrogens is 2. The highest BCUT2D eigenvalue weighted by molar-refractivity contribution is 5.51. The van der Waals surface area contributed by atoms with Crippen LogP contribution in [0, 0.1) is 0 Å². The molecular weight excluding hydrogens is 264 g/mol. The molecule has 2 aromatic heterocycles. The molecule has 3 rings (SSSR count). The molecule has 0 atom stereocenters. The van der Waals surface area contributed by atoms with Crippen molar-refractivity contribution < 1.29 is 4.42 Å². The number of hydrogen-bond acceptors (Lipinski definition) is 5. The van der Waals surface area contributed by atoms with Crippen molar-refractivity contribution in [1.29, 1.82) is 0 Å². The molecule has 112 valence electrons. The predicted molar refractivity (Wildman–Crippen MR) is 83.5 cm³/mol. The second-order valence-corrected chi connectivity index (χ2v) is 5.47. The third-order valence-corrected chi connectivity index (χ3v) is 3.68. The molecule has 0 unspecified atom stereocenters. The molecule has 0 aromatic carbocycles. The van der Waals surface area contributed by atoms with Crippen LogP contribution in [0.3, 0.4) is 0 Å². The van der Waals surface area contributed by atoms with Gasteiger partial charge in [-0.2, -0.15) is 0 Å². The molecule has 1 saturated carbocycles. The molecule has 1 aliphatic rings. The van der Waals surface area contributed by atoms with Crippen molar-refractivity contribution in [2.75, 3.05) is 17.3 Å². The first-order valence-corrected chi connectivity index (χ1v) is 7.65. The molecule has 2 aromatic rings. The lowest BCUT2D eigenvalue weighted by Crippen LogP contribution is -2.26. The topological polar surface area (TPSA) is 54.2 Å². The van der Waals surface area contributed by atoms with Crippen LogP contribution in [0.15, 0.2) is 28.9 Å². The molecule has 0 aliphatic heterocycles. The Kier molecular flexibility index (Phi) is 4.08. The Morgan fingerprint density at radius 3 is 2.86 bits per heavy atom. The van der Waals surface area contributed by atoms with Crippen molar-refractivity contribution in [3.8, 4) is 0 Å².